The van der Waals surface area contributed by atoms with Crippen LogP contribution in [0.3, 0.4) is 0 Å². The zero-order chi connectivity index (χ0) is 17.2. The summed E-state index contributed by atoms with van der Waals surface area (Å²) in [7, 11) is 0. The highest BCUT2D eigenvalue weighted by Gasteiger charge is 2.31. The molecule has 154 valence electrons. The van der Waals surface area contributed by atoms with Crippen LogP contribution in [-0.4, -0.2) is 47.8 Å². The molecule has 0 bridgehead atoms. The molecule has 0 aliphatic carbocycles. The van der Waals surface area contributed by atoms with Crippen molar-refractivity contribution in [3.8, 4) is 0 Å². The summed E-state index contributed by atoms with van der Waals surface area (Å²) in [6, 6.07) is 5.52. The molecule has 0 atom stereocenters. The Morgan fingerprint density at radius 1 is 1.04 bits per heavy atom. The summed E-state index contributed by atoms with van der Waals surface area (Å²) in [6.45, 7) is 3.89. The van der Waals surface area contributed by atoms with Gasteiger partial charge in [0.15, 0.2) is 0 Å². The second-order valence-electron chi connectivity index (χ2n) is 5.66. The topological polar surface area (TPSA) is 58.3 Å². The monoisotopic (exact) mass is 465 g/mol. The third kappa shape index (κ3) is 7.15. The van der Waals surface area contributed by atoms with Crippen LogP contribution in [0.5, 0.6) is 0 Å². The summed E-state index contributed by atoms with van der Waals surface area (Å²) in [5.41, 5.74) is 5.58. The second-order valence-corrected chi connectivity index (χ2v) is 6.75. The van der Waals surface area contributed by atoms with Crippen molar-refractivity contribution in [2.24, 2.45) is 0 Å². The maximum atomic E-state index is 12.8. The quantitative estimate of drug-likeness (QED) is 0.743. The van der Waals surface area contributed by atoms with E-state index in [0.717, 1.165) is 37.1 Å². The number of piperazine rings is 1. The fraction of sp³-hybridized carbons (Fsp3) is 0.467. The molecule has 12 heteroatoms. The van der Waals surface area contributed by atoms with E-state index in [2.05, 4.69) is 15.1 Å². The van der Waals surface area contributed by atoms with Crippen LogP contribution >= 0.6 is 48.6 Å². The minimum absolute atomic E-state index is 0. The van der Waals surface area contributed by atoms with Gasteiger partial charge in [0.1, 0.15) is 5.01 Å². The van der Waals surface area contributed by atoms with E-state index in [1.54, 1.807) is 6.07 Å². The van der Waals surface area contributed by atoms with Crippen molar-refractivity contribution in [2.75, 3.05) is 43.4 Å². The molecule has 0 amide bonds. The summed E-state index contributed by atoms with van der Waals surface area (Å²) in [4.78, 5) is 4.27. The lowest BCUT2D eigenvalue weighted by Gasteiger charge is -2.36. The molecule has 0 radical (unpaired) electrons. The maximum absolute atomic E-state index is 12.8. The lowest BCUT2D eigenvalue weighted by atomic mass is 10.1. The Bertz CT molecular complexity index is 693. The van der Waals surface area contributed by atoms with Gasteiger partial charge >= 0.3 is 6.18 Å². The third-order valence-electron chi connectivity index (χ3n) is 4.04. The molecule has 1 fully saturated rings. The molecule has 0 saturated carbocycles. The fourth-order valence-corrected chi connectivity index (χ4v) is 3.33. The zero-order valence-corrected chi connectivity index (χ0v) is 17.5. The number of halogens is 6. The molecule has 1 saturated heterocycles. The Balaban J connectivity index is 0.00000225. The number of alkyl halides is 3. The first kappa shape index (κ1) is 26.0. The smallest absolute Gasteiger partial charge is 0.374 e. The van der Waals surface area contributed by atoms with E-state index in [1.807, 2.05) is 4.90 Å². The van der Waals surface area contributed by atoms with Crippen molar-refractivity contribution >= 4 is 59.4 Å². The normalized spacial score (nSPS) is 14.7. The molecule has 1 aliphatic rings. The van der Waals surface area contributed by atoms with Gasteiger partial charge in [-0.2, -0.15) is 13.2 Å². The first-order chi connectivity index (χ1) is 11.4. The number of nitrogens with zero attached hydrogens (tertiary/aromatic N) is 4. The van der Waals surface area contributed by atoms with Gasteiger partial charge in [0, 0.05) is 44.8 Å². The Kier molecular flexibility index (Phi) is 10.7. The van der Waals surface area contributed by atoms with Crippen LogP contribution in [0.2, 0.25) is 0 Å². The summed E-state index contributed by atoms with van der Waals surface area (Å²) in [5, 5.41) is 9.16. The van der Waals surface area contributed by atoms with Crippen molar-refractivity contribution in [1.29, 1.82) is 0 Å². The van der Waals surface area contributed by atoms with Gasteiger partial charge in [0.25, 0.3) is 0 Å². The predicted octanol–water partition coefficient (Wildman–Crippen LogP) is 3.77. The van der Waals surface area contributed by atoms with Crippen molar-refractivity contribution in [3.63, 3.8) is 0 Å². The average molecular weight is 467 g/mol. The first-order valence-electron chi connectivity index (χ1n) is 7.64. The largest absolute Gasteiger partial charge is 0.416 e. The molecule has 1 aromatic heterocycles. The SMILES string of the molecule is Cl.Cl.Cl.Nc1nnc(CCN2CCN(c3cccc(C(F)(F)F)c3)CC2)s1. The van der Waals surface area contributed by atoms with Crippen molar-refractivity contribution in [2.45, 2.75) is 12.6 Å². The van der Waals surface area contributed by atoms with Crippen LogP contribution in [0.15, 0.2) is 24.3 Å². The standard InChI is InChI=1S/C15H18F3N5S.3ClH/c16-15(17,18)11-2-1-3-12(10-11)23-8-6-22(7-9-23)5-4-13-20-21-14(19)24-13;;;/h1-3,10H,4-9H2,(H2,19,21);3*1H. The molecule has 1 aliphatic heterocycles. The molecule has 0 spiro atoms. The molecule has 0 unspecified atom stereocenters. The van der Waals surface area contributed by atoms with E-state index >= 15 is 0 Å². The molecule has 2 N–H and O–H groups in total. The predicted molar refractivity (Wildman–Crippen MR) is 110 cm³/mol. The fourth-order valence-electron chi connectivity index (χ4n) is 2.73. The van der Waals surface area contributed by atoms with Gasteiger partial charge in [-0.05, 0) is 18.2 Å². The summed E-state index contributed by atoms with van der Waals surface area (Å²) in [5.74, 6) is 0. The molecule has 2 aromatic rings. The van der Waals surface area contributed by atoms with Crippen LogP contribution in [0.4, 0.5) is 24.0 Å². The van der Waals surface area contributed by atoms with Gasteiger partial charge in [-0.1, -0.05) is 17.4 Å². The Hall–Kier alpha value is -1.00. The summed E-state index contributed by atoms with van der Waals surface area (Å²) < 4.78 is 38.4. The minimum atomic E-state index is -4.30. The van der Waals surface area contributed by atoms with Crippen LogP contribution in [0, 0.1) is 0 Å². The number of aromatic nitrogens is 2. The van der Waals surface area contributed by atoms with Gasteiger partial charge in [0.2, 0.25) is 5.13 Å². The lowest BCUT2D eigenvalue weighted by molar-refractivity contribution is -0.137. The lowest BCUT2D eigenvalue weighted by Crippen LogP contribution is -2.47. The highest BCUT2D eigenvalue weighted by atomic mass is 35.5. The molecule has 3 rings (SSSR count). The number of benzene rings is 1. The van der Waals surface area contributed by atoms with E-state index in [0.29, 0.717) is 23.9 Å². The van der Waals surface area contributed by atoms with E-state index in [1.165, 1.54) is 23.5 Å². The van der Waals surface area contributed by atoms with E-state index in [-0.39, 0.29) is 37.2 Å². The molecular weight excluding hydrogens is 446 g/mol. The molecule has 5 nitrogen and oxygen atoms in total. The molecule has 1 aromatic carbocycles. The van der Waals surface area contributed by atoms with Gasteiger partial charge in [0.05, 0.1) is 5.56 Å². The Morgan fingerprint density at radius 3 is 2.26 bits per heavy atom. The molecular formula is C15H21Cl3F3N5S. The van der Waals surface area contributed by atoms with Gasteiger partial charge < -0.3 is 10.6 Å². The number of nitrogen functional groups attached to an aromatic ring is 1. The number of rotatable bonds is 4. The van der Waals surface area contributed by atoms with Gasteiger partial charge in [-0.15, -0.1) is 47.4 Å². The van der Waals surface area contributed by atoms with Gasteiger partial charge in [-0.3, -0.25) is 4.90 Å². The van der Waals surface area contributed by atoms with Crippen molar-refractivity contribution in [1.82, 2.24) is 15.1 Å². The van der Waals surface area contributed by atoms with E-state index in [4.69, 9.17) is 5.73 Å². The van der Waals surface area contributed by atoms with Crippen LogP contribution in [-0.2, 0) is 12.6 Å². The summed E-state index contributed by atoms with van der Waals surface area (Å²) >= 11 is 1.39. The highest BCUT2D eigenvalue weighted by molar-refractivity contribution is 7.15. The Labute approximate surface area is 178 Å². The first-order valence-corrected chi connectivity index (χ1v) is 8.46. The van der Waals surface area contributed by atoms with Crippen LogP contribution in [0.25, 0.3) is 0 Å². The molecule has 27 heavy (non-hydrogen) atoms. The zero-order valence-electron chi connectivity index (χ0n) is 14.2. The van der Waals surface area contributed by atoms with Gasteiger partial charge in [-0.25, -0.2) is 0 Å². The average Bonchev–Trinajstić information content (AvgIpc) is 2.98. The molecule has 2 heterocycles. The van der Waals surface area contributed by atoms with Crippen molar-refractivity contribution in [3.05, 3.63) is 34.8 Å². The third-order valence-corrected chi connectivity index (χ3v) is 4.85. The minimum Gasteiger partial charge on any atom is -0.374 e. The maximum Gasteiger partial charge on any atom is 0.416 e. The number of hydrogen-bond donors (Lipinski definition) is 1. The summed E-state index contributed by atoms with van der Waals surface area (Å²) in [6.07, 6.45) is -3.51. The van der Waals surface area contributed by atoms with Crippen LogP contribution in [0.1, 0.15) is 10.6 Å². The van der Waals surface area contributed by atoms with E-state index < -0.39 is 11.7 Å². The second kappa shape index (κ2) is 11.1. The highest BCUT2D eigenvalue weighted by Crippen LogP contribution is 2.31. The number of hydrogen-bond acceptors (Lipinski definition) is 6. The number of anilines is 2. The van der Waals surface area contributed by atoms with Crippen molar-refractivity contribution < 1.29 is 13.2 Å². The Morgan fingerprint density at radius 2 is 1.70 bits per heavy atom. The van der Waals surface area contributed by atoms with Crippen LogP contribution < -0.4 is 10.6 Å². The number of nitrogens with two attached hydrogens (primary N) is 1. The van der Waals surface area contributed by atoms with E-state index in [9.17, 15) is 13.2 Å².